The number of nitrogens with zero attached hydrogens (tertiary/aromatic N) is 3. The zero-order chi connectivity index (χ0) is 20.6. The summed E-state index contributed by atoms with van der Waals surface area (Å²) in [4.78, 5) is 21.0. The van der Waals surface area contributed by atoms with E-state index in [9.17, 15) is 13.2 Å². The van der Waals surface area contributed by atoms with Gasteiger partial charge in [-0.3, -0.25) is 4.79 Å². The molecule has 1 aromatic carbocycles. The van der Waals surface area contributed by atoms with Gasteiger partial charge in [0.25, 0.3) is 0 Å². The summed E-state index contributed by atoms with van der Waals surface area (Å²) >= 11 is 7.39. The minimum atomic E-state index is -3.73. The van der Waals surface area contributed by atoms with Crippen molar-refractivity contribution in [3.63, 3.8) is 0 Å². The Labute approximate surface area is 177 Å². The second-order valence-electron chi connectivity index (χ2n) is 6.90. The smallest absolute Gasteiger partial charge is 0.246 e. The molecule has 7 nitrogen and oxygen atoms in total. The minimum Gasteiger partial charge on any atom is -0.302 e. The number of benzene rings is 1. The summed E-state index contributed by atoms with van der Waals surface area (Å²) in [7, 11) is -3.73. The number of thiazole rings is 1. The van der Waals surface area contributed by atoms with E-state index in [4.69, 9.17) is 11.6 Å². The molecule has 4 rings (SSSR count). The SMILES string of the molecule is Cc1cccc2sc(NC(=O)C3CCN(S(=O)(=O)c4cccnc4Cl)CC3)nc12. The van der Waals surface area contributed by atoms with Gasteiger partial charge in [0.2, 0.25) is 15.9 Å². The molecule has 1 amide bonds. The lowest BCUT2D eigenvalue weighted by Gasteiger charge is -2.30. The maximum atomic E-state index is 12.8. The Bertz CT molecular complexity index is 1170. The molecule has 0 unspecified atom stereocenters. The maximum absolute atomic E-state index is 12.8. The van der Waals surface area contributed by atoms with Crippen molar-refractivity contribution < 1.29 is 13.2 Å². The molecule has 1 aliphatic rings. The van der Waals surface area contributed by atoms with Crippen LogP contribution in [0.1, 0.15) is 18.4 Å². The average Bonchev–Trinajstić information content (AvgIpc) is 3.12. The first-order chi connectivity index (χ1) is 13.9. The number of fused-ring (bicyclic) bond motifs is 1. The number of anilines is 1. The summed E-state index contributed by atoms with van der Waals surface area (Å²) in [6.07, 6.45) is 2.32. The van der Waals surface area contributed by atoms with Crippen molar-refractivity contribution in [2.24, 2.45) is 5.92 Å². The first-order valence-electron chi connectivity index (χ1n) is 9.14. The van der Waals surface area contributed by atoms with Crippen LogP contribution in [0.2, 0.25) is 5.15 Å². The first kappa shape index (κ1) is 20.2. The largest absolute Gasteiger partial charge is 0.302 e. The highest BCUT2D eigenvalue weighted by Crippen LogP contribution is 2.30. The number of para-hydroxylation sites is 1. The van der Waals surface area contributed by atoms with Crippen LogP contribution in [0.15, 0.2) is 41.4 Å². The molecule has 0 aliphatic carbocycles. The van der Waals surface area contributed by atoms with Crippen LogP contribution < -0.4 is 5.32 Å². The molecule has 3 aromatic rings. The number of carbonyl (C=O) groups is 1. The van der Waals surface area contributed by atoms with Gasteiger partial charge in [-0.05, 0) is 43.5 Å². The number of hydrogen-bond acceptors (Lipinski definition) is 6. The number of hydrogen-bond donors (Lipinski definition) is 1. The number of carbonyl (C=O) groups excluding carboxylic acids is 1. The van der Waals surface area contributed by atoms with Crippen molar-refractivity contribution in [2.45, 2.75) is 24.7 Å². The van der Waals surface area contributed by atoms with Crippen molar-refractivity contribution in [3.05, 3.63) is 47.2 Å². The van der Waals surface area contributed by atoms with Crippen molar-refractivity contribution in [1.29, 1.82) is 0 Å². The van der Waals surface area contributed by atoms with Crippen molar-refractivity contribution in [3.8, 4) is 0 Å². The summed E-state index contributed by atoms with van der Waals surface area (Å²) < 4.78 is 28.0. The van der Waals surface area contributed by atoms with E-state index in [2.05, 4.69) is 15.3 Å². The van der Waals surface area contributed by atoms with Crippen LogP contribution >= 0.6 is 22.9 Å². The predicted molar refractivity (Wildman–Crippen MR) is 114 cm³/mol. The lowest BCUT2D eigenvalue weighted by Crippen LogP contribution is -2.41. The van der Waals surface area contributed by atoms with Crippen LogP contribution in [-0.2, 0) is 14.8 Å². The van der Waals surface area contributed by atoms with Crippen LogP contribution in [0.5, 0.6) is 0 Å². The summed E-state index contributed by atoms with van der Waals surface area (Å²) in [6.45, 7) is 2.49. The standard InChI is InChI=1S/C19H19ClN4O3S2/c1-12-4-2-5-14-16(12)22-19(28-14)23-18(25)13-7-10-24(11-8-13)29(26,27)15-6-3-9-21-17(15)20/h2-6,9,13H,7-8,10-11H2,1H3,(H,22,23,25). The number of pyridine rings is 1. The first-order valence-corrected chi connectivity index (χ1v) is 11.8. The number of halogens is 1. The number of piperidine rings is 1. The van der Waals surface area contributed by atoms with Crippen molar-refractivity contribution in [1.82, 2.24) is 14.3 Å². The quantitative estimate of drug-likeness (QED) is 0.612. The van der Waals surface area contributed by atoms with Gasteiger partial charge >= 0.3 is 0 Å². The molecule has 0 atom stereocenters. The van der Waals surface area contributed by atoms with Crippen LogP contribution in [0.25, 0.3) is 10.2 Å². The Kier molecular flexibility index (Phi) is 5.56. The van der Waals surface area contributed by atoms with Gasteiger partial charge in [-0.25, -0.2) is 18.4 Å². The highest BCUT2D eigenvalue weighted by molar-refractivity contribution is 7.89. The van der Waals surface area contributed by atoms with E-state index in [1.165, 1.54) is 27.9 Å². The van der Waals surface area contributed by atoms with Crippen LogP contribution in [0, 0.1) is 12.8 Å². The Morgan fingerprint density at radius 2 is 2.00 bits per heavy atom. The van der Waals surface area contributed by atoms with Crippen LogP contribution in [0.3, 0.4) is 0 Å². The van der Waals surface area contributed by atoms with Gasteiger partial charge in [-0.2, -0.15) is 4.31 Å². The van der Waals surface area contributed by atoms with Gasteiger partial charge in [0.05, 0.1) is 10.2 Å². The fourth-order valence-corrected chi connectivity index (χ4v) is 6.25. The number of nitrogens with one attached hydrogen (secondary N) is 1. The van der Waals surface area contributed by atoms with E-state index < -0.39 is 10.0 Å². The van der Waals surface area contributed by atoms with Gasteiger partial charge in [0, 0.05) is 25.2 Å². The molecule has 10 heteroatoms. The molecule has 1 aliphatic heterocycles. The van der Waals surface area contributed by atoms with Gasteiger partial charge in [0.15, 0.2) is 5.13 Å². The predicted octanol–water partition coefficient (Wildman–Crippen LogP) is 3.69. The van der Waals surface area contributed by atoms with Gasteiger partial charge < -0.3 is 5.32 Å². The molecular weight excluding hydrogens is 432 g/mol. The van der Waals surface area contributed by atoms with E-state index in [1.807, 2.05) is 25.1 Å². The number of rotatable bonds is 4. The molecular formula is C19H19ClN4O3S2. The van der Waals surface area contributed by atoms with E-state index in [1.54, 1.807) is 6.07 Å². The molecule has 3 heterocycles. The summed E-state index contributed by atoms with van der Waals surface area (Å²) in [5.74, 6) is -0.392. The van der Waals surface area contributed by atoms with Gasteiger partial charge in [0.1, 0.15) is 10.0 Å². The molecule has 0 spiro atoms. The second kappa shape index (κ2) is 7.98. The minimum absolute atomic E-state index is 0.00517. The topological polar surface area (TPSA) is 92.3 Å². The zero-order valence-corrected chi connectivity index (χ0v) is 18.0. The number of sulfonamides is 1. The zero-order valence-electron chi connectivity index (χ0n) is 15.6. The third-order valence-corrected chi connectivity index (χ3v) is 8.30. The van der Waals surface area contributed by atoms with E-state index in [0.717, 1.165) is 15.8 Å². The molecule has 29 heavy (non-hydrogen) atoms. The van der Waals surface area contributed by atoms with Crippen LogP contribution in [0.4, 0.5) is 5.13 Å². The van der Waals surface area contributed by atoms with E-state index in [0.29, 0.717) is 18.0 Å². The third kappa shape index (κ3) is 4.00. The normalized spacial score (nSPS) is 16.2. The lowest BCUT2D eigenvalue weighted by atomic mass is 9.97. The summed E-state index contributed by atoms with van der Waals surface area (Å²) in [5.41, 5.74) is 1.95. The number of amides is 1. The Morgan fingerprint density at radius 1 is 1.24 bits per heavy atom. The van der Waals surface area contributed by atoms with E-state index >= 15 is 0 Å². The molecule has 0 bridgehead atoms. The van der Waals surface area contributed by atoms with E-state index in [-0.39, 0.29) is 35.0 Å². The monoisotopic (exact) mass is 450 g/mol. The number of aromatic nitrogens is 2. The molecule has 2 aromatic heterocycles. The Hall–Kier alpha value is -2.07. The average molecular weight is 451 g/mol. The third-order valence-electron chi connectivity index (χ3n) is 5.02. The fourth-order valence-electron chi connectivity index (χ4n) is 3.41. The van der Waals surface area contributed by atoms with Crippen molar-refractivity contribution >= 4 is 54.2 Å². The van der Waals surface area contributed by atoms with Gasteiger partial charge in [-0.1, -0.05) is 35.1 Å². The Morgan fingerprint density at radius 3 is 2.69 bits per heavy atom. The molecule has 0 radical (unpaired) electrons. The highest BCUT2D eigenvalue weighted by Gasteiger charge is 2.33. The highest BCUT2D eigenvalue weighted by atomic mass is 35.5. The summed E-state index contributed by atoms with van der Waals surface area (Å²) in [6, 6.07) is 8.91. The molecule has 1 N–H and O–H groups in total. The van der Waals surface area contributed by atoms with Crippen LogP contribution in [-0.4, -0.2) is 41.7 Å². The lowest BCUT2D eigenvalue weighted by molar-refractivity contribution is -0.120. The Balaban J connectivity index is 1.42. The molecule has 152 valence electrons. The second-order valence-corrected chi connectivity index (χ2v) is 10.2. The van der Waals surface area contributed by atoms with Gasteiger partial charge in [-0.15, -0.1) is 0 Å². The maximum Gasteiger partial charge on any atom is 0.246 e. The molecule has 1 fully saturated rings. The fraction of sp³-hybridized carbons (Fsp3) is 0.316. The number of aryl methyl sites for hydroxylation is 1. The molecule has 1 saturated heterocycles. The molecule has 0 saturated carbocycles. The summed E-state index contributed by atoms with van der Waals surface area (Å²) in [5, 5.41) is 3.42. The van der Waals surface area contributed by atoms with Crippen molar-refractivity contribution in [2.75, 3.05) is 18.4 Å².